The smallest absolute Gasteiger partial charge is 0.0548 e. The van der Waals surface area contributed by atoms with Gasteiger partial charge in [0.1, 0.15) is 0 Å². The van der Waals surface area contributed by atoms with Gasteiger partial charge in [-0.1, -0.05) is 0 Å². The van der Waals surface area contributed by atoms with E-state index < -0.39 is 0 Å². The molecular formula is C7H11N3. The van der Waals surface area contributed by atoms with Gasteiger partial charge in [0, 0.05) is 12.2 Å². The third-order valence-corrected chi connectivity index (χ3v) is 1.38. The Bertz CT molecular complexity index is 220. The standard InChI is InChI=1S/C7H11N3/c1-5(8)6-2-3-10-4-7(6)9/h2-5H,8-9H2,1H3/t5-/m0/s1. The topological polar surface area (TPSA) is 64.9 Å². The van der Waals surface area contributed by atoms with Gasteiger partial charge >= 0.3 is 0 Å². The molecule has 0 bridgehead atoms. The average Bonchev–Trinajstić information content (AvgIpc) is 1.88. The molecule has 0 aromatic carbocycles. The fraction of sp³-hybridized carbons (Fsp3) is 0.286. The summed E-state index contributed by atoms with van der Waals surface area (Å²) in [5.74, 6) is 0. The Morgan fingerprint density at radius 3 is 2.70 bits per heavy atom. The van der Waals surface area contributed by atoms with Crippen LogP contribution in [0.25, 0.3) is 0 Å². The minimum Gasteiger partial charge on any atom is -0.397 e. The SMILES string of the molecule is C[C@H](N)c1ccncc1N. The normalized spacial score (nSPS) is 13.0. The minimum absolute atomic E-state index is 0.0111. The van der Waals surface area contributed by atoms with E-state index >= 15 is 0 Å². The summed E-state index contributed by atoms with van der Waals surface area (Å²) in [7, 11) is 0. The maximum Gasteiger partial charge on any atom is 0.0548 e. The average molecular weight is 137 g/mol. The summed E-state index contributed by atoms with van der Waals surface area (Å²) in [6, 6.07) is 1.82. The van der Waals surface area contributed by atoms with Gasteiger partial charge in [0.25, 0.3) is 0 Å². The summed E-state index contributed by atoms with van der Waals surface area (Å²) in [5.41, 5.74) is 12.8. The molecule has 0 saturated heterocycles. The van der Waals surface area contributed by atoms with E-state index in [0.29, 0.717) is 5.69 Å². The van der Waals surface area contributed by atoms with Crippen LogP contribution in [-0.4, -0.2) is 4.98 Å². The number of nitrogens with zero attached hydrogens (tertiary/aromatic N) is 1. The number of nitrogens with two attached hydrogens (primary N) is 2. The first kappa shape index (κ1) is 7.02. The zero-order valence-electron chi connectivity index (χ0n) is 5.91. The first-order chi connectivity index (χ1) is 4.72. The molecule has 1 aromatic heterocycles. The number of hydrogen-bond donors (Lipinski definition) is 2. The van der Waals surface area contributed by atoms with E-state index in [1.54, 1.807) is 12.4 Å². The summed E-state index contributed by atoms with van der Waals surface area (Å²) in [5, 5.41) is 0. The third kappa shape index (κ3) is 1.25. The lowest BCUT2D eigenvalue weighted by Crippen LogP contribution is -2.07. The van der Waals surface area contributed by atoms with Crippen molar-refractivity contribution in [2.75, 3.05) is 5.73 Å². The van der Waals surface area contributed by atoms with E-state index in [0.717, 1.165) is 5.56 Å². The molecule has 0 radical (unpaired) electrons. The number of hydrogen-bond acceptors (Lipinski definition) is 3. The molecule has 0 spiro atoms. The molecule has 10 heavy (non-hydrogen) atoms. The van der Waals surface area contributed by atoms with Crippen molar-refractivity contribution >= 4 is 5.69 Å². The second kappa shape index (κ2) is 2.66. The van der Waals surface area contributed by atoms with E-state index in [9.17, 15) is 0 Å². The highest BCUT2D eigenvalue weighted by Gasteiger charge is 2.01. The molecule has 54 valence electrons. The second-order valence-electron chi connectivity index (χ2n) is 2.29. The van der Waals surface area contributed by atoms with Crippen LogP contribution in [0.3, 0.4) is 0 Å². The van der Waals surface area contributed by atoms with Crippen molar-refractivity contribution in [1.29, 1.82) is 0 Å². The van der Waals surface area contributed by atoms with Crippen molar-refractivity contribution in [3.8, 4) is 0 Å². The molecule has 4 N–H and O–H groups in total. The molecule has 1 atom stereocenters. The van der Waals surface area contributed by atoms with Crippen LogP contribution in [0.4, 0.5) is 5.69 Å². The van der Waals surface area contributed by atoms with Gasteiger partial charge in [-0.3, -0.25) is 4.98 Å². The Morgan fingerprint density at radius 2 is 2.30 bits per heavy atom. The van der Waals surface area contributed by atoms with Crippen molar-refractivity contribution in [2.45, 2.75) is 13.0 Å². The number of nitrogen functional groups attached to an aromatic ring is 1. The molecule has 1 heterocycles. The summed E-state index contributed by atoms with van der Waals surface area (Å²) in [6.07, 6.45) is 3.30. The van der Waals surface area contributed by atoms with E-state index in [-0.39, 0.29) is 6.04 Å². The van der Waals surface area contributed by atoms with Gasteiger partial charge in [-0.25, -0.2) is 0 Å². The molecule has 0 unspecified atom stereocenters. The lowest BCUT2D eigenvalue weighted by molar-refractivity contribution is 0.819. The predicted molar refractivity (Wildman–Crippen MR) is 41.3 cm³/mol. The van der Waals surface area contributed by atoms with Crippen LogP contribution in [0.15, 0.2) is 18.5 Å². The Hall–Kier alpha value is -1.09. The highest BCUT2D eigenvalue weighted by molar-refractivity contribution is 5.45. The van der Waals surface area contributed by atoms with Crippen molar-refractivity contribution in [3.63, 3.8) is 0 Å². The molecule has 0 fully saturated rings. The fourth-order valence-electron chi connectivity index (χ4n) is 0.832. The van der Waals surface area contributed by atoms with Gasteiger partial charge < -0.3 is 11.5 Å². The number of pyridine rings is 1. The van der Waals surface area contributed by atoms with Crippen LogP contribution < -0.4 is 11.5 Å². The molecule has 0 aliphatic carbocycles. The van der Waals surface area contributed by atoms with Gasteiger partial charge in [0.15, 0.2) is 0 Å². The molecular weight excluding hydrogens is 126 g/mol. The zero-order chi connectivity index (χ0) is 7.56. The summed E-state index contributed by atoms with van der Waals surface area (Å²) >= 11 is 0. The Labute approximate surface area is 60.1 Å². The van der Waals surface area contributed by atoms with Gasteiger partial charge in [-0.05, 0) is 18.6 Å². The molecule has 1 aromatic rings. The molecule has 0 saturated carbocycles. The van der Waals surface area contributed by atoms with Crippen LogP contribution in [0.1, 0.15) is 18.5 Å². The Morgan fingerprint density at radius 1 is 1.60 bits per heavy atom. The monoisotopic (exact) mass is 137 g/mol. The van der Waals surface area contributed by atoms with Gasteiger partial charge in [0.05, 0.1) is 11.9 Å². The number of aromatic nitrogens is 1. The van der Waals surface area contributed by atoms with E-state index in [1.807, 2.05) is 13.0 Å². The van der Waals surface area contributed by atoms with E-state index in [4.69, 9.17) is 11.5 Å². The molecule has 0 aliphatic heterocycles. The van der Waals surface area contributed by atoms with Gasteiger partial charge in [0.2, 0.25) is 0 Å². The molecule has 0 amide bonds. The number of anilines is 1. The fourth-order valence-corrected chi connectivity index (χ4v) is 0.832. The summed E-state index contributed by atoms with van der Waals surface area (Å²) < 4.78 is 0. The van der Waals surface area contributed by atoms with Crippen LogP contribution in [0.2, 0.25) is 0 Å². The summed E-state index contributed by atoms with van der Waals surface area (Å²) in [6.45, 7) is 1.89. The second-order valence-corrected chi connectivity index (χ2v) is 2.29. The largest absolute Gasteiger partial charge is 0.397 e. The lowest BCUT2D eigenvalue weighted by Gasteiger charge is -2.06. The minimum atomic E-state index is -0.0111. The van der Waals surface area contributed by atoms with Crippen molar-refractivity contribution in [1.82, 2.24) is 4.98 Å². The maximum atomic E-state index is 5.61. The molecule has 1 rings (SSSR count). The van der Waals surface area contributed by atoms with Crippen molar-refractivity contribution in [2.24, 2.45) is 5.73 Å². The predicted octanol–water partition coefficient (Wildman–Crippen LogP) is 0.684. The number of rotatable bonds is 1. The van der Waals surface area contributed by atoms with Gasteiger partial charge in [-0.2, -0.15) is 0 Å². The lowest BCUT2D eigenvalue weighted by atomic mass is 10.1. The van der Waals surface area contributed by atoms with E-state index in [2.05, 4.69) is 4.98 Å². The molecule has 3 heteroatoms. The maximum absolute atomic E-state index is 5.61. The Balaban J connectivity index is 3.03. The Kier molecular flexibility index (Phi) is 1.87. The van der Waals surface area contributed by atoms with Crippen molar-refractivity contribution in [3.05, 3.63) is 24.0 Å². The third-order valence-electron chi connectivity index (χ3n) is 1.38. The first-order valence-electron chi connectivity index (χ1n) is 3.17. The zero-order valence-corrected chi connectivity index (χ0v) is 5.91. The van der Waals surface area contributed by atoms with Crippen molar-refractivity contribution < 1.29 is 0 Å². The highest BCUT2D eigenvalue weighted by Crippen LogP contribution is 2.14. The quantitative estimate of drug-likeness (QED) is 0.598. The van der Waals surface area contributed by atoms with E-state index in [1.165, 1.54) is 0 Å². The summed E-state index contributed by atoms with van der Waals surface area (Å²) in [4.78, 5) is 3.85. The van der Waals surface area contributed by atoms with Crippen LogP contribution in [-0.2, 0) is 0 Å². The van der Waals surface area contributed by atoms with Gasteiger partial charge in [-0.15, -0.1) is 0 Å². The van der Waals surface area contributed by atoms with Crippen LogP contribution in [0.5, 0.6) is 0 Å². The highest BCUT2D eigenvalue weighted by atomic mass is 14.7. The van der Waals surface area contributed by atoms with Crippen LogP contribution >= 0.6 is 0 Å². The van der Waals surface area contributed by atoms with Crippen LogP contribution in [0, 0.1) is 0 Å². The molecule has 3 nitrogen and oxygen atoms in total. The molecule has 0 aliphatic rings. The first-order valence-corrected chi connectivity index (χ1v) is 3.17.